The van der Waals surface area contributed by atoms with Gasteiger partial charge in [0.2, 0.25) is 0 Å². The van der Waals surface area contributed by atoms with Gasteiger partial charge in [-0.3, -0.25) is 4.89 Å². The maximum atomic E-state index is 11.8. The fraction of sp³-hybridized carbons (Fsp3) is 0.533. The molecule has 100 valence electrons. The van der Waals surface area contributed by atoms with Gasteiger partial charge in [-0.2, -0.15) is 5.26 Å². The highest BCUT2D eigenvalue weighted by Gasteiger charge is 2.21. The van der Waals surface area contributed by atoms with E-state index in [4.69, 9.17) is 5.26 Å². The van der Waals surface area contributed by atoms with Gasteiger partial charge in [0.1, 0.15) is 0 Å². The third kappa shape index (κ3) is 2.56. The van der Waals surface area contributed by atoms with Crippen LogP contribution in [-0.2, 0) is 11.3 Å². The molecule has 0 bridgehead atoms. The van der Waals surface area contributed by atoms with E-state index in [1.54, 1.807) is 0 Å². The third-order valence-corrected chi connectivity index (χ3v) is 3.88. The maximum absolute atomic E-state index is 11.8. The SMILES string of the molecule is CCCCc1c(C)c(C)c(C)c(C)c1C(=O)OO. The Morgan fingerprint density at radius 2 is 1.61 bits per heavy atom. The minimum Gasteiger partial charge on any atom is -0.295 e. The van der Waals surface area contributed by atoms with E-state index < -0.39 is 5.97 Å². The molecule has 0 radical (unpaired) electrons. The molecule has 0 amide bonds. The topological polar surface area (TPSA) is 46.5 Å². The molecular formula is C15H22O3. The molecule has 0 spiro atoms. The zero-order valence-corrected chi connectivity index (χ0v) is 11.9. The van der Waals surface area contributed by atoms with Crippen LogP contribution < -0.4 is 0 Å². The Labute approximate surface area is 109 Å². The van der Waals surface area contributed by atoms with Gasteiger partial charge in [0.25, 0.3) is 0 Å². The van der Waals surface area contributed by atoms with E-state index in [0.717, 1.165) is 41.5 Å². The number of carbonyl (C=O) groups excluding carboxylic acids is 1. The predicted molar refractivity (Wildman–Crippen MR) is 72.0 cm³/mol. The van der Waals surface area contributed by atoms with Crippen molar-refractivity contribution in [1.82, 2.24) is 0 Å². The summed E-state index contributed by atoms with van der Waals surface area (Å²) in [5.41, 5.74) is 5.89. The quantitative estimate of drug-likeness (QED) is 0.651. The molecule has 0 saturated heterocycles. The van der Waals surface area contributed by atoms with Crippen LogP contribution in [0, 0.1) is 27.7 Å². The highest BCUT2D eigenvalue weighted by molar-refractivity contribution is 5.93. The number of carbonyl (C=O) groups is 1. The standard InChI is InChI=1S/C15H22O3/c1-6-7-8-13-11(4)9(2)10(3)12(5)14(13)15(16)18-17/h17H,6-8H2,1-5H3. The van der Waals surface area contributed by atoms with Gasteiger partial charge >= 0.3 is 5.97 Å². The Bertz CT molecular complexity index is 462. The summed E-state index contributed by atoms with van der Waals surface area (Å²) in [6, 6.07) is 0. The Morgan fingerprint density at radius 1 is 1.06 bits per heavy atom. The summed E-state index contributed by atoms with van der Waals surface area (Å²) < 4.78 is 0. The fourth-order valence-corrected chi connectivity index (χ4v) is 2.38. The van der Waals surface area contributed by atoms with Gasteiger partial charge < -0.3 is 0 Å². The van der Waals surface area contributed by atoms with Gasteiger partial charge in [-0.25, -0.2) is 4.79 Å². The van der Waals surface area contributed by atoms with Crippen LogP contribution in [0.4, 0.5) is 0 Å². The van der Waals surface area contributed by atoms with Crippen LogP contribution in [0.25, 0.3) is 0 Å². The molecule has 18 heavy (non-hydrogen) atoms. The molecule has 0 saturated carbocycles. The van der Waals surface area contributed by atoms with Gasteiger partial charge in [-0.15, -0.1) is 0 Å². The molecule has 0 aromatic heterocycles. The van der Waals surface area contributed by atoms with Gasteiger partial charge in [0.15, 0.2) is 0 Å². The van der Waals surface area contributed by atoms with Crippen LogP contribution in [0.1, 0.15) is 57.9 Å². The molecule has 3 heteroatoms. The summed E-state index contributed by atoms with van der Waals surface area (Å²) in [5, 5.41) is 8.66. The van der Waals surface area contributed by atoms with E-state index in [-0.39, 0.29) is 0 Å². The summed E-state index contributed by atoms with van der Waals surface area (Å²) in [6.07, 6.45) is 2.93. The Balaban J connectivity index is 3.48. The average molecular weight is 250 g/mol. The van der Waals surface area contributed by atoms with E-state index in [1.165, 1.54) is 5.56 Å². The van der Waals surface area contributed by atoms with Crippen molar-refractivity contribution in [3.63, 3.8) is 0 Å². The Hall–Kier alpha value is -1.35. The van der Waals surface area contributed by atoms with Crippen molar-refractivity contribution in [3.8, 4) is 0 Å². The van der Waals surface area contributed by atoms with E-state index in [1.807, 2.05) is 20.8 Å². The first-order valence-electron chi connectivity index (χ1n) is 6.40. The van der Waals surface area contributed by atoms with E-state index in [9.17, 15) is 4.79 Å². The molecule has 0 aliphatic carbocycles. The molecule has 0 atom stereocenters. The van der Waals surface area contributed by atoms with Crippen molar-refractivity contribution >= 4 is 5.97 Å². The number of hydrogen-bond acceptors (Lipinski definition) is 3. The zero-order chi connectivity index (χ0) is 13.9. The van der Waals surface area contributed by atoms with Crippen molar-refractivity contribution in [2.75, 3.05) is 0 Å². The molecule has 0 aliphatic heterocycles. The van der Waals surface area contributed by atoms with Crippen LogP contribution in [0.2, 0.25) is 0 Å². The molecule has 0 unspecified atom stereocenters. The highest BCUT2D eigenvalue weighted by Crippen LogP contribution is 2.28. The Morgan fingerprint density at radius 3 is 2.11 bits per heavy atom. The molecule has 1 aromatic rings. The summed E-state index contributed by atoms with van der Waals surface area (Å²) >= 11 is 0. The number of benzene rings is 1. The molecule has 0 aliphatic rings. The second-order valence-electron chi connectivity index (χ2n) is 4.84. The van der Waals surface area contributed by atoms with Gasteiger partial charge in [0.05, 0.1) is 5.56 Å². The minimum atomic E-state index is -0.648. The van der Waals surface area contributed by atoms with E-state index in [2.05, 4.69) is 18.7 Å². The fourth-order valence-electron chi connectivity index (χ4n) is 2.38. The molecular weight excluding hydrogens is 228 g/mol. The molecule has 3 nitrogen and oxygen atoms in total. The number of hydrogen-bond donors (Lipinski definition) is 1. The molecule has 0 heterocycles. The first-order valence-corrected chi connectivity index (χ1v) is 6.40. The van der Waals surface area contributed by atoms with Crippen LogP contribution in [-0.4, -0.2) is 11.2 Å². The first-order chi connectivity index (χ1) is 8.45. The number of rotatable bonds is 4. The largest absolute Gasteiger partial charge is 0.373 e. The highest BCUT2D eigenvalue weighted by atomic mass is 17.1. The zero-order valence-electron chi connectivity index (χ0n) is 11.9. The van der Waals surface area contributed by atoms with Crippen LogP contribution in [0.15, 0.2) is 0 Å². The molecule has 1 N–H and O–H groups in total. The maximum Gasteiger partial charge on any atom is 0.373 e. The lowest BCUT2D eigenvalue weighted by Crippen LogP contribution is -2.13. The van der Waals surface area contributed by atoms with Crippen molar-refractivity contribution in [2.24, 2.45) is 0 Å². The van der Waals surface area contributed by atoms with Crippen molar-refractivity contribution in [2.45, 2.75) is 53.9 Å². The lowest BCUT2D eigenvalue weighted by molar-refractivity contribution is -0.182. The van der Waals surface area contributed by atoms with Crippen molar-refractivity contribution in [3.05, 3.63) is 33.4 Å². The van der Waals surface area contributed by atoms with Gasteiger partial charge in [-0.1, -0.05) is 13.3 Å². The van der Waals surface area contributed by atoms with E-state index in [0.29, 0.717) is 5.56 Å². The van der Waals surface area contributed by atoms with Crippen LogP contribution >= 0.6 is 0 Å². The Kier molecular flexibility index (Phi) is 4.91. The molecule has 0 fully saturated rings. The molecule has 1 aromatic carbocycles. The normalized spacial score (nSPS) is 10.6. The van der Waals surface area contributed by atoms with Crippen LogP contribution in [0.5, 0.6) is 0 Å². The average Bonchev–Trinajstić information content (AvgIpc) is 2.38. The second kappa shape index (κ2) is 6.01. The summed E-state index contributed by atoms with van der Waals surface area (Å²) in [5.74, 6) is -0.648. The lowest BCUT2D eigenvalue weighted by atomic mass is 9.87. The summed E-state index contributed by atoms with van der Waals surface area (Å²) in [6.45, 7) is 10.1. The molecule has 1 rings (SSSR count). The van der Waals surface area contributed by atoms with Crippen molar-refractivity contribution in [1.29, 1.82) is 0 Å². The first kappa shape index (κ1) is 14.7. The third-order valence-electron chi connectivity index (χ3n) is 3.88. The summed E-state index contributed by atoms with van der Waals surface area (Å²) in [4.78, 5) is 15.7. The summed E-state index contributed by atoms with van der Waals surface area (Å²) in [7, 11) is 0. The number of unbranched alkanes of at least 4 members (excludes halogenated alkanes) is 1. The van der Waals surface area contributed by atoms with Gasteiger partial charge in [0, 0.05) is 0 Å². The predicted octanol–water partition coefficient (Wildman–Crippen LogP) is 3.89. The monoisotopic (exact) mass is 250 g/mol. The van der Waals surface area contributed by atoms with Crippen LogP contribution in [0.3, 0.4) is 0 Å². The smallest absolute Gasteiger partial charge is 0.295 e. The minimum absolute atomic E-state index is 0.534. The van der Waals surface area contributed by atoms with E-state index >= 15 is 0 Å². The second-order valence-corrected chi connectivity index (χ2v) is 4.84. The van der Waals surface area contributed by atoms with Crippen molar-refractivity contribution < 1.29 is 14.9 Å². The van der Waals surface area contributed by atoms with Gasteiger partial charge in [-0.05, 0) is 68.4 Å². The lowest BCUT2D eigenvalue weighted by Gasteiger charge is -2.18.